The maximum atomic E-state index is 12.2. The van der Waals surface area contributed by atoms with Crippen molar-refractivity contribution in [3.8, 4) is 22.6 Å². The van der Waals surface area contributed by atoms with Gasteiger partial charge in [-0.25, -0.2) is 4.79 Å². The van der Waals surface area contributed by atoms with Crippen molar-refractivity contribution < 1.29 is 4.79 Å². The van der Waals surface area contributed by atoms with E-state index in [1.165, 1.54) is 11.3 Å². The molecule has 4 aromatic heterocycles. The minimum Gasteiger partial charge on any atom is -0.308 e. The van der Waals surface area contributed by atoms with Crippen LogP contribution >= 0.6 is 11.3 Å². The van der Waals surface area contributed by atoms with E-state index in [1.807, 2.05) is 66.0 Å². The number of thiophene rings is 1. The van der Waals surface area contributed by atoms with Gasteiger partial charge in [-0.3, -0.25) is 10.3 Å². The Bertz CT molecular complexity index is 1320. The molecule has 0 unspecified atom stereocenters. The van der Waals surface area contributed by atoms with Gasteiger partial charge in [0.15, 0.2) is 11.5 Å². The molecule has 0 bridgehead atoms. The number of carbonyl (C=O) groups is 1. The molecular formula is C21H15N7OS. The third-order valence-electron chi connectivity index (χ3n) is 4.36. The predicted octanol–water partition coefficient (Wildman–Crippen LogP) is 4.56. The summed E-state index contributed by atoms with van der Waals surface area (Å²) in [6, 6.07) is 18.4. The lowest BCUT2D eigenvalue weighted by Gasteiger charge is -2.08. The molecule has 0 aliphatic carbocycles. The summed E-state index contributed by atoms with van der Waals surface area (Å²) in [5.74, 6) is 0.615. The van der Waals surface area contributed by atoms with Gasteiger partial charge in [-0.2, -0.15) is 9.61 Å². The van der Waals surface area contributed by atoms with Crippen molar-refractivity contribution in [2.24, 2.45) is 0 Å². The minimum absolute atomic E-state index is 0.296. The molecular weight excluding hydrogens is 398 g/mol. The number of hydrogen-bond acceptors (Lipinski definition) is 6. The van der Waals surface area contributed by atoms with Gasteiger partial charge in [-0.15, -0.1) is 21.5 Å². The second kappa shape index (κ2) is 7.72. The molecule has 0 aliphatic heterocycles. The molecule has 2 amide bonds. The van der Waals surface area contributed by atoms with Crippen LogP contribution in [0.3, 0.4) is 0 Å². The normalized spacial score (nSPS) is 10.8. The molecule has 1 aromatic carbocycles. The van der Waals surface area contributed by atoms with E-state index < -0.39 is 0 Å². The first-order chi connectivity index (χ1) is 14.8. The number of pyridine rings is 1. The average molecular weight is 413 g/mol. The van der Waals surface area contributed by atoms with Crippen LogP contribution in [0.5, 0.6) is 0 Å². The average Bonchev–Trinajstić information content (AvgIpc) is 3.43. The molecule has 0 aliphatic rings. The molecule has 9 heteroatoms. The lowest BCUT2D eigenvalue weighted by atomic mass is 10.1. The summed E-state index contributed by atoms with van der Waals surface area (Å²) in [6.07, 6.45) is 3.43. The molecule has 2 N–H and O–H groups in total. The highest BCUT2D eigenvalue weighted by atomic mass is 32.1. The van der Waals surface area contributed by atoms with E-state index in [0.29, 0.717) is 17.2 Å². The molecule has 0 spiro atoms. The topological polar surface area (TPSA) is 97.1 Å². The van der Waals surface area contributed by atoms with Crippen molar-refractivity contribution in [1.82, 2.24) is 24.8 Å². The smallest absolute Gasteiger partial charge is 0.308 e. The van der Waals surface area contributed by atoms with E-state index in [2.05, 4.69) is 25.8 Å². The van der Waals surface area contributed by atoms with Crippen LogP contribution in [0.25, 0.3) is 28.3 Å². The Labute approximate surface area is 175 Å². The summed E-state index contributed by atoms with van der Waals surface area (Å²) in [5.41, 5.74) is 3.73. The number of aromatic nitrogens is 5. The monoisotopic (exact) mass is 413 g/mol. The van der Waals surface area contributed by atoms with Gasteiger partial charge in [0.05, 0.1) is 10.7 Å². The van der Waals surface area contributed by atoms with E-state index in [-0.39, 0.29) is 6.03 Å². The Hall–Kier alpha value is -4.11. The van der Waals surface area contributed by atoms with Crippen LogP contribution in [0, 0.1) is 0 Å². The largest absolute Gasteiger partial charge is 0.324 e. The van der Waals surface area contributed by atoms with Crippen LogP contribution in [0.1, 0.15) is 0 Å². The summed E-state index contributed by atoms with van der Waals surface area (Å²) in [7, 11) is 0. The van der Waals surface area contributed by atoms with Gasteiger partial charge in [0.25, 0.3) is 0 Å². The zero-order valence-electron chi connectivity index (χ0n) is 15.6. The van der Waals surface area contributed by atoms with Gasteiger partial charge >= 0.3 is 6.03 Å². The fraction of sp³-hybridized carbons (Fsp3) is 0. The van der Waals surface area contributed by atoms with Crippen molar-refractivity contribution in [3.63, 3.8) is 0 Å². The Morgan fingerprint density at radius 3 is 2.70 bits per heavy atom. The summed E-state index contributed by atoms with van der Waals surface area (Å²) < 4.78 is 1.69. The third-order valence-corrected chi connectivity index (χ3v) is 5.14. The molecule has 8 nitrogen and oxygen atoms in total. The van der Waals surface area contributed by atoms with Gasteiger partial charge < -0.3 is 5.32 Å². The van der Waals surface area contributed by atoms with Crippen molar-refractivity contribution in [2.45, 2.75) is 0 Å². The standard InChI is InChI=1S/C21H15N7OS/c29-21(24-19-7-3-11-30-19)23-16-6-1-4-14(12-16)17-8-9-18-25-26-20(28(18)27-17)15-5-2-10-22-13-15/h1-13H,(H2,23,24,29). The fourth-order valence-corrected chi connectivity index (χ4v) is 3.61. The lowest BCUT2D eigenvalue weighted by molar-refractivity contribution is 0.262. The van der Waals surface area contributed by atoms with Gasteiger partial charge in [-0.1, -0.05) is 12.1 Å². The van der Waals surface area contributed by atoms with E-state index in [0.717, 1.165) is 21.8 Å². The zero-order valence-corrected chi connectivity index (χ0v) is 16.4. The van der Waals surface area contributed by atoms with Crippen molar-refractivity contribution in [2.75, 3.05) is 10.6 Å². The molecule has 0 atom stereocenters. The first-order valence-electron chi connectivity index (χ1n) is 9.11. The molecule has 4 heterocycles. The van der Waals surface area contributed by atoms with Gasteiger partial charge in [0, 0.05) is 29.2 Å². The number of anilines is 2. The van der Waals surface area contributed by atoms with Crippen LogP contribution in [0.15, 0.2) is 78.4 Å². The Balaban J connectivity index is 1.44. The first-order valence-corrected chi connectivity index (χ1v) is 9.99. The van der Waals surface area contributed by atoms with Gasteiger partial charge in [0.2, 0.25) is 0 Å². The molecule has 0 saturated carbocycles. The summed E-state index contributed by atoms with van der Waals surface area (Å²) >= 11 is 1.46. The zero-order chi connectivity index (χ0) is 20.3. The number of nitrogens with zero attached hydrogens (tertiary/aromatic N) is 5. The quantitative estimate of drug-likeness (QED) is 0.450. The number of benzene rings is 1. The number of nitrogens with one attached hydrogen (secondary N) is 2. The van der Waals surface area contributed by atoms with E-state index >= 15 is 0 Å². The molecule has 0 saturated heterocycles. The predicted molar refractivity (Wildman–Crippen MR) is 116 cm³/mol. The van der Waals surface area contributed by atoms with Crippen LogP contribution < -0.4 is 10.6 Å². The van der Waals surface area contributed by atoms with Crippen LogP contribution in [-0.2, 0) is 0 Å². The minimum atomic E-state index is -0.296. The molecule has 5 aromatic rings. The number of fused-ring (bicyclic) bond motifs is 1. The van der Waals surface area contributed by atoms with Gasteiger partial charge in [0.1, 0.15) is 0 Å². The second-order valence-electron chi connectivity index (χ2n) is 6.39. The highest BCUT2D eigenvalue weighted by Gasteiger charge is 2.11. The number of carbonyl (C=O) groups excluding carboxylic acids is 1. The van der Waals surface area contributed by atoms with Crippen molar-refractivity contribution in [1.29, 1.82) is 0 Å². The molecule has 0 radical (unpaired) electrons. The molecule has 30 heavy (non-hydrogen) atoms. The number of hydrogen-bond donors (Lipinski definition) is 2. The fourth-order valence-electron chi connectivity index (χ4n) is 3.00. The summed E-state index contributed by atoms with van der Waals surface area (Å²) in [4.78, 5) is 16.4. The van der Waals surface area contributed by atoms with Crippen molar-refractivity contribution >= 4 is 33.7 Å². The SMILES string of the molecule is O=C(Nc1cccc(-c2ccc3nnc(-c4cccnc4)n3n2)c1)Nc1cccs1. The van der Waals surface area contributed by atoms with Crippen molar-refractivity contribution in [3.05, 3.63) is 78.4 Å². The summed E-state index contributed by atoms with van der Waals surface area (Å²) in [6.45, 7) is 0. The van der Waals surface area contributed by atoms with E-state index in [4.69, 9.17) is 5.10 Å². The first kappa shape index (κ1) is 18.0. The van der Waals surface area contributed by atoms with Crippen LogP contribution in [0.2, 0.25) is 0 Å². The number of urea groups is 1. The van der Waals surface area contributed by atoms with Crippen LogP contribution in [-0.4, -0.2) is 30.8 Å². The van der Waals surface area contributed by atoms with E-state index in [9.17, 15) is 4.79 Å². The third kappa shape index (κ3) is 3.61. The van der Waals surface area contributed by atoms with Gasteiger partial charge in [-0.05, 0) is 53.9 Å². The highest BCUT2D eigenvalue weighted by molar-refractivity contribution is 7.14. The number of amides is 2. The van der Waals surface area contributed by atoms with E-state index in [1.54, 1.807) is 16.9 Å². The lowest BCUT2D eigenvalue weighted by Crippen LogP contribution is -2.18. The highest BCUT2D eigenvalue weighted by Crippen LogP contribution is 2.23. The molecule has 0 fully saturated rings. The second-order valence-corrected chi connectivity index (χ2v) is 7.34. The Morgan fingerprint density at radius 2 is 1.87 bits per heavy atom. The summed E-state index contributed by atoms with van der Waals surface area (Å²) in [5, 5.41) is 21.5. The Kier molecular flexibility index (Phi) is 4.62. The number of rotatable bonds is 4. The molecule has 146 valence electrons. The maximum absolute atomic E-state index is 12.2. The Morgan fingerprint density at radius 1 is 0.933 bits per heavy atom. The van der Waals surface area contributed by atoms with Crippen LogP contribution in [0.4, 0.5) is 15.5 Å². The molecule has 5 rings (SSSR count). The maximum Gasteiger partial charge on any atom is 0.324 e.